The van der Waals surface area contributed by atoms with Crippen LogP contribution in [-0.2, 0) is 11.2 Å². The van der Waals surface area contributed by atoms with E-state index >= 15 is 0 Å². The van der Waals surface area contributed by atoms with E-state index in [9.17, 15) is 4.79 Å². The van der Waals surface area contributed by atoms with E-state index in [4.69, 9.17) is 0 Å². The van der Waals surface area contributed by atoms with E-state index in [0.29, 0.717) is 6.42 Å². The Labute approximate surface area is 93.4 Å². The number of benzene rings is 1. The van der Waals surface area contributed by atoms with Gasteiger partial charge in [-0.05, 0) is 46.0 Å². The summed E-state index contributed by atoms with van der Waals surface area (Å²) in [4.78, 5) is 10.6. The summed E-state index contributed by atoms with van der Waals surface area (Å²) < 4.78 is 0. The second kappa shape index (κ2) is 4.41. The molecule has 1 heterocycles. The second-order valence-corrected chi connectivity index (χ2v) is 4.27. The minimum atomic E-state index is 0.493. The zero-order chi connectivity index (χ0) is 10.7. The van der Waals surface area contributed by atoms with Crippen LogP contribution in [0.15, 0.2) is 35.0 Å². The van der Waals surface area contributed by atoms with Gasteiger partial charge in [-0.3, -0.25) is 0 Å². The van der Waals surface area contributed by atoms with Gasteiger partial charge in [-0.2, -0.15) is 11.3 Å². The highest BCUT2D eigenvalue weighted by Gasteiger charge is 2.07. The van der Waals surface area contributed by atoms with Crippen LogP contribution in [0.4, 0.5) is 0 Å². The molecule has 0 fully saturated rings. The smallest absolute Gasteiger partial charge is 0.124 e. The van der Waals surface area contributed by atoms with Gasteiger partial charge in [-0.25, -0.2) is 0 Å². The highest BCUT2D eigenvalue weighted by Crippen LogP contribution is 2.29. The van der Waals surface area contributed by atoms with Crippen molar-refractivity contribution in [2.24, 2.45) is 0 Å². The molecular formula is C13H12OS. The van der Waals surface area contributed by atoms with Crippen molar-refractivity contribution in [1.82, 2.24) is 0 Å². The molecule has 0 aliphatic rings. The van der Waals surface area contributed by atoms with Crippen molar-refractivity contribution < 1.29 is 4.79 Å². The molecule has 0 aliphatic carbocycles. The minimum absolute atomic E-state index is 0.493. The average Bonchev–Trinajstić information content (AvgIpc) is 2.71. The quantitative estimate of drug-likeness (QED) is 0.718. The summed E-state index contributed by atoms with van der Waals surface area (Å²) in [7, 11) is 0. The minimum Gasteiger partial charge on any atom is -0.303 e. The van der Waals surface area contributed by atoms with Crippen LogP contribution in [0.2, 0.25) is 0 Å². The number of rotatable bonds is 3. The first-order valence-corrected chi connectivity index (χ1v) is 5.82. The third-order valence-corrected chi connectivity index (χ3v) is 3.16. The van der Waals surface area contributed by atoms with Crippen molar-refractivity contribution in [3.05, 3.63) is 46.2 Å². The van der Waals surface area contributed by atoms with E-state index in [-0.39, 0.29) is 0 Å². The molecule has 0 spiro atoms. The third-order valence-electron chi connectivity index (χ3n) is 2.47. The molecule has 0 amide bonds. The van der Waals surface area contributed by atoms with Gasteiger partial charge >= 0.3 is 0 Å². The first-order chi connectivity index (χ1) is 7.33. The fraction of sp³-hybridized carbons (Fsp3) is 0.154. The lowest BCUT2D eigenvalue weighted by atomic mass is 9.95. The summed E-state index contributed by atoms with van der Waals surface area (Å²) in [5.41, 5.74) is 4.77. The van der Waals surface area contributed by atoms with Crippen LogP contribution < -0.4 is 0 Å². The Morgan fingerprint density at radius 3 is 2.87 bits per heavy atom. The zero-order valence-electron chi connectivity index (χ0n) is 8.57. The van der Waals surface area contributed by atoms with Gasteiger partial charge in [0.2, 0.25) is 0 Å². The molecular weight excluding hydrogens is 204 g/mol. The molecule has 0 radical (unpaired) electrons. The summed E-state index contributed by atoms with van der Waals surface area (Å²) >= 11 is 1.68. The van der Waals surface area contributed by atoms with Gasteiger partial charge in [0.1, 0.15) is 6.29 Å². The van der Waals surface area contributed by atoms with Gasteiger partial charge in [0.25, 0.3) is 0 Å². The summed E-state index contributed by atoms with van der Waals surface area (Å²) in [6.45, 7) is 2.08. The lowest BCUT2D eigenvalue weighted by Gasteiger charge is -2.08. The van der Waals surface area contributed by atoms with Crippen molar-refractivity contribution in [2.75, 3.05) is 0 Å². The van der Waals surface area contributed by atoms with Gasteiger partial charge in [0.05, 0.1) is 0 Å². The average molecular weight is 216 g/mol. The van der Waals surface area contributed by atoms with Crippen LogP contribution in [0, 0.1) is 6.92 Å². The number of hydrogen-bond donors (Lipinski definition) is 0. The fourth-order valence-corrected chi connectivity index (χ4v) is 2.45. The van der Waals surface area contributed by atoms with Gasteiger partial charge in [0.15, 0.2) is 0 Å². The summed E-state index contributed by atoms with van der Waals surface area (Å²) in [5.74, 6) is 0. The maximum Gasteiger partial charge on any atom is 0.124 e. The third kappa shape index (κ3) is 2.00. The molecule has 15 heavy (non-hydrogen) atoms. The van der Waals surface area contributed by atoms with E-state index < -0.39 is 0 Å². The first-order valence-electron chi connectivity index (χ1n) is 4.87. The van der Waals surface area contributed by atoms with Crippen LogP contribution >= 0.6 is 11.3 Å². The van der Waals surface area contributed by atoms with Crippen molar-refractivity contribution in [3.8, 4) is 11.1 Å². The molecule has 0 saturated heterocycles. The first kappa shape index (κ1) is 10.1. The fourth-order valence-electron chi connectivity index (χ4n) is 1.81. The monoisotopic (exact) mass is 216 g/mol. The highest BCUT2D eigenvalue weighted by atomic mass is 32.1. The van der Waals surface area contributed by atoms with Crippen LogP contribution in [0.3, 0.4) is 0 Å². The summed E-state index contributed by atoms with van der Waals surface area (Å²) in [6, 6.07) is 8.21. The molecule has 0 unspecified atom stereocenters. The van der Waals surface area contributed by atoms with Crippen LogP contribution in [0.5, 0.6) is 0 Å². The molecule has 2 rings (SSSR count). The SMILES string of the molecule is Cc1cccc(CC=O)c1-c1ccsc1. The number of aryl methyl sites for hydroxylation is 1. The molecule has 1 aromatic heterocycles. The molecule has 0 N–H and O–H groups in total. The molecule has 0 bridgehead atoms. The second-order valence-electron chi connectivity index (χ2n) is 3.49. The van der Waals surface area contributed by atoms with Gasteiger partial charge in [-0.1, -0.05) is 18.2 Å². The molecule has 2 heteroatoms. The van der Waals surface area contributed by atoms with E-state index in [1.807, 2.05) is 12.1 Å². The number of thiophene rings is 1. The molecule has 0 saturated carbocycles. The van der Waals surface area contributed by atoms with E-state index in [2.05, 4.69) is 29.8 Å². The van der Waals surface area contributed by atoms with Gasteiger partial charge in [0, 0.05) is 6.42 Å². The van der Waals surface area contributed by atoms with Crippen molar-refractivity contribution in [3.63, 3.8) is 0 Å². The number of hydrogen-bond acceptors (Lipinski definition) is 2. The van der Waals surface area contributed by atoms with Crippen molar-refractivity contribution in [2.45, 2.75) is 13.3 Å². The highest BCUT2D eigenvalue weighted by molar-refractivity contribution is 7.08. The molecule has 0 aliphatic heterocycles. The Hall–Kier alpha value is -1.41. The Kier molecular flexibility index (Phi) is 2.97. The normalized spacial score (nSPS) is 10.2. The van der Waals surface area contributed by atoms with E-state index in [1.165, 1.54) is 16.7 Å². The Balaban J connectivity index is 2.57. The lowest BCUT2D eigenvalue weighted by Crippen LogP contribution is -1.92. The Morgan fingerprint density at radius 2 is 2.20 bits per heavy atom. The summed E-state index contributed by atoms with van der Waals surface area (Å²) in [5, 5.41) is 4.18. The largest absolute Gasteiger partial charge is 0.303 e. The molecule has 1 nitrogen and oxygen atoms in total. The topological polar surface area (TPSA) is 17.1 Å². The van der Waals surface area contributed by atoms with E-state index in [0.717, 1.165) is 11.8 Å². The number of carbonyl (C=O) groups excluding carboxylic acids is 1. The number of aldehydes is 1. The molecule has 1 aromatic carbocycles. The van der Waals surface area contributed by atoms with Crippen LogP contribution in [-0.4, -0.2) is 6.29 Å². The predicted octanol–water partition coefficient (Wildman–Crippen LogP) is 3.46. The Bertz CT molecular complexity index is 457. The zero-order valence-corrected chi connectivity index (χ0v) is 9.38. The molecule has 76 valence electrons. The van der Waals surface area contributed by atoms with Crippen molar-refractivity contribution >= 4 is 17.6 Å². The molecule has 2 aromatic rings. The maximum absolute atomic E-state index is 10.6. The molecule has 0 atom stereocenters. The summed E-state index contributed by atoms with van der Waals surface area (Å²) in [6.07, 6.45) is 1.46. The van der Waals surface area contributed by atoms with Crippen LogP contribution in [0.1, 0.15) is 11.1 Å². The van der Waals surface area contributed by atoms with Gasteiger partial charge in [-0.15, -0.1) is 0 Å². The van der Waals surface area contributed by atoms with E-state index in [1.54, 1.807) is 11.3 Å². The van der Waals surface area contributed by atoms with Crippen LogP contribution in [0.25, 0.3) is 11.1 Å². The Morgan fingerprint density at radius 1 is 1.33 bits per heavy atom. The standard InChI is InChI=1S/C13H12OS/c1-10-3-2-4-11(5-7-14)13(10)12-6-8-15-9-12/h2-4,6-9H,5H2,1H3. The van der Waals surface area contributed by atoms with Gasteiger partial charge < -0.3 is 4.79 Å². The lowest BCUT2D eigenvalue weighted by molar-refractivity contribution is -0.107. The van der Waals surface area contributed by atoms with Crippen molar-refractivity contribution in [1.29, 1.82) is 0 Å². The number of carbonyl (C=O) groups is 1. The maximum atomic E-state index is 10.6. The predicted molar refractivity (Wildman–Crippen MR) is 64.3 cm³/mol.